The molecule has 0 aliphatic rings. The van der Waals surface area contributed by atoms with Gasteiger partial charge in [0.25, 0.3) is 0 Å². The number of carboxylic acid groups (broad SMARTS) is 2. The fraction of sp³-hybridized carbons (Fsp3) is 0.125. The summed E-state index contributed by atoms with van der Waals surface area (Å²) in [6, 6.07) is 22.7. The molecule has 1 heterocycles. The van der Waals surface area contributed by atoms with E-state index < -0.39 is 11.9 Å². The van der Waals surface area contributed by atoms with E-state index in [1.807, 2.05) is 43.6 Å². The molecule has 0 bridgehead atoms. The Morgan fingerprint density at radius 1 is 0.938 bits per heavy atom. The monoisotopic (exact) mass is 433 g/mol. The summed E-state index contributed by atoms with van der Waals surface area (Å²) >= 11 is 0. The van der Waals surface area contributed by atoms with Gasteiger partial charge in [-0.25, -0.2) is 14.6 Å². The van der Waals surface area contributed by atoms with Crippen LogP contribution in [0.2, 0.25) is 0 Å². The standard InChI is InChI=1S/C22H21N3O.C2H2O4/c1-25-20(16-8-4-3-5-9-16)15-24-22(25)23-14-17-12-13-21(26-2)19-11-7-6-10-18(17)19;3-1(4)2(5)6/h3-13,15H,14H2,1-2H3,(H,23,24);(H,3,4)(H,5,6). The summed E-state index contributed by atoms with van der Waals surface area (Å²) in [5.74, 6) is -1.90. The third-order valence-corrected chi connectivity index (χ3v) is 4.87. The van der Waals surface area contributed by atoms with Crippen LogP contribution in [0.5, 0.6) is 5.75 Å². The third kappa shape index (κ3) is 5.04. The molecule has 4 rings (SSSR count). The second-order valence-electron chi connectivity index (χ2n) is 6.83. The molecule has 32 heavy (non-hydrogen) atoms. The van der Waals surface area contributed by atoms with Gasteiger partial charge in [-0.1, -0.05) is 60.7 Å². The van der Waals surface area contributed by atoms with E-state index in [1.54, 1.807) is 7.11 Å². The molecule has 0 unspecified atom stereocenters. The molecule has 0 radical (unpaired) electrons. The molecule has 0 saturated heterocycles. The summed E-state index contributed by atoms with van der Waals surface area (Å²) in [6.45, 7) is 0.698. The number of aromatic nitrogens is 2. The number of anilines is 1. The Labute approximate surface area is 184 Å². The number of nitrogens with one attached hydrogen (secondary N) is 1. The van der Waals surface area contributed by atoms with E-state index in [4.69, 9.17) is 24.5 Å². The Morgan fingerprint density at radius 3 is 2.19 bits per heavy atom. The molecule has 8 heteroatoms. The number of methoxy groups -OCH3 is 1. The highest BCUT2D eigenvalue weighted by molar-refractivity contribution is 6.27. The zero-order chi connectivity index (χ0) is 23.1. The van der Waals surface area contributed by atoms with E-state index in [0.29, 0.717) is 6.54 Å². The molecule has 0 aliphatic carbocycles. The predicted octanol–water partition coefficient (Wildman–Crippen LogP) is 4.02. The van der Waals surface area contributed by atoms with Gasteiger partial charge in [0, 0.05) is 19.0 Å². The average Bonchev–Trinajstić information content (AvgIpc) is 3.18. The fourth-order valence-corrected chi connectivity index (χ4v) is 3.29. The molecule has 3 aromatic carbocycles. The van der Waals surface area contributed by atoms with E-state index in [9.17, 15) is 0 Å². The smallest absolute Gasteiger partial charge is 0.414 e. The molecule has 1 aromatic heterocycles. The highest BCUT2D eigenvalue weighted by atomic mass is 16.5. The summed E-state index contributed by atoms with van der Waals surface area (Å²) in [6.07, 6.45) is 1.91. The molecule has 0 fully saturated rings. The van der Waals surface area contributed by atoms with E-state index in [1.165, 1.54) is 10.9 Å². The number of hydrogen-bond acceptors (Lipinski definition) is 5. The molecule has 0 atom stereocenters. The van der Waals surface area contributed by atoms with Crippen LogP contribution >= 0.6 is 0 Å². The first-order chi connectivity index (χ1) is 15.4. The van der Waals surface area contributed by atoms with Gasteiger partial charge in [0.2, 0.25) is 5.95 Å². The first-order valence-electron chi connectivity index (χ1n) is 9.74. The largest absolute Gasteiger partial charge is 0.496 e. The molecule has 4 aromatic rings. The average molecular weight is 433 g/mol. The molecule has 8 nitrogen and oxygen atoms in total. The van der Waals surface area contributed by atoms with Gasteiger partial charge in [-0.05, 0) is 22.6 Å². The number of rotatable bonds is 5. The molecule has 0 amide bonds. The maximum absolute atomic E-state index is 9.10. The molecule has 0 spiro atoms. The number of nitrogens with zero attached hydrogens (tertiary/aromatic N) is 2. The van der Waals surface area contributed by atoms with Crippen molar-refractivity contribution in [3.63, 3.8) is 0 Å². The van der Waals surface area contributed by atoms with Gasteiger partial charge in [0.1, 0.15) is 5.75 Å². The number of benzene rings is 3. The minimum absolute atomic E-state index is 0.698. The Balaban J connectivity index is 0.000000427. The lowest BCUT2D eigenvalue weighted by Crippen LogP contribution is -2.09. The van der Waals surface area contributed by atoms with E-state index in [0.717, 1.165) is 28.3 Å². The van der Waals surface area contributed by atoms with Crippen LogP contribution in [0.15, 0.2) is 72.9 Å². The second-order valence-corrected chi connectivity index (χ2v) is 6.83. The maximum atomic E-state index is 9.10. The lowest BCUT2D eigenvalue weighted by molar-refractivity contribution is -0.159. The predicted molar refractivity (Wildman–Crippen MR) is 122 cm³/mol. The van der Waals surface area contributed by atoms with Crippen LogP contribution in [0.25, 0.3) is 22.0 Å². The van der Waals surface area contributed by atoms with Crippen molar-refractivity contribution in [3.8, 4) is 17.0 Å². The molecule has 164 valence electrons. The molecule has 3 N–H and O–H groups in total. The van der Waals surface area contributed by atoms with Gasteiger partial charge in [0.05, 0.1) is 19.0 Å². The quantitative estimate of drug-likeness (QED) is 0.407. The number of ether oxygens (including phenoxy) is 1. The molecular weight excluding hydrogens is 410 g/mol. The number of aliphatic carboxylic acids is 2. The van der Waals surface area contributed by atoms with Crippen LogP contribution in [-0.4, -0.2) is 38.8 Å². The Kier molecular flexibility index (Phi) is 7.07. The second kappa shape index (κ2) is 10.1. The lowest BCUT2D eigenvalue weighted by atomic mass is 10.0. The normalized spacial score (nSPS) is 10.2. The zero-order valence-electron chi connectivity index (χ0n) is 17.6. The van der Waals surface area contributed by atoms with Crippen molar-refractivity contribution in [1.82, 2.24) is 9.55 Å². The van der Waals surface area contributed by atoms with Crippen molar-refractivity contribution < 1.29 is 24.5 Å². The summed E-state index contributed by atoms with van der Waals surface area (Å²) in [5.41, 5.74) is 3.46. The van der Waals surface area contributed by atoms with Crippen LogP contribution in [0.4, 0.5) is 5.95 Å². The Hall–Kier alpha value is -4.33. The summed E-state index contributed by atoms with van der Waals surface area (Å²) in [4.78, 5) is 22.7. The number of hydrogen-bond donors (Lipinski definition) is 3. The van der Waals surface area contributed by atoms with Gasteiger partial charge in [0.15, 0.2) is 0 Å². The van der Waals surface area contributed by atoms with Crippen molar-refractivity contribution >= 4 is 28.7 Å². The number of imidazole rings is 1. The van der Waals surface area contributed by atoms with Crippen LogP contribution in [0.3, 0.4) is 0 Å². The lowest BCUT2D eigenvalue weighted by Gasteiger charge is -2.12. The highest BCUT2D eigenvalue weighted by Gasteiger charge is 2.10. The molecular formula is C24H23N3O5. The maximum Gasteiger partial charge on any atom is 0.414 e. The van der Waals surface area contributed by atoms with E-state index >= 15 is 0 Å². The van der Waals surface area contributed by atoms with E-state index in [-0.39, 0.29) is 0 Å². The van der Waals surface area contributed by atoms with Crippen molar-refractivity contribution in [3.05, 3.63) is 78.5 Å². The zero-order valence-corrected chi connectivity index (χ0v) is 17.6. The van der Waals surface area contributed by atoms with Gasteiger partial charge in [-0.2, -0.15) is 0 Å². The van der Waals surface area contributed by atoms with Crippen LogP contribution in [0, 0.1) is 0 Å². The van der Waals surface area contributed by atoms with Gasteiger partial charge in [-0.15, -0.1) is 0 Å². The first-order valence-corrected chi connectivity index (χ1v) is 9.74. The fourth-order valence-electron chi connectivity index (χ4n) is 3.29. The topological polar surface area (TPSA) is 114 Å². The molecule has 0 aliphatic heterocycles. The third-order valence-electron chi connectivity index (χ3n) is 4.87. The highest BCUT2D eigenvalue weighted by Crippen LogP contribution is 2.29. The Bertz CT molecular complexity index is 1220. The van der Waals surface area contributed by atoms with Crippen molar-refractivity contribution in [2.45, 2.75) is 6.54 Å². The Morgan fingerprint density at radius 2 is 1.56 bits per heavy atom. The van der Waals surface area contributed by atoms with Crippen LogP contribution < -0.4 is 10.1 Å². The van der Waals surface area contributed by atoms with Crippen LogP contribution in [0.1, 0.15) is 5.56 Å². The van der Waals surface area contributed by atoms with Crippen LogP contribution in [-0.2, 0) is 23.2 Å². The minimum atomic E-state index is -1.82. The summed E-state index contributed by atoms with van der Waals surface area (Å²) < 4.78 is 7.56. The van der Waals surface area contributed by atoms with E-state index in [2.05, 4.69) is 51.3 Å². The van der Waals surface area contributed by atoms with Gasteiger partial charge in [-0.3, -0.25) is 0 Å². The number of carboxylic acids is 2. The molecule has 0 saturated carbocycles. The van der Waals surface area contributed by atoms with Gasteiger partial charge >= 0.3 is 11.9 Å². The number of carbonyl (C=O) groups is 2. The van der Waals surface area contributed by atoms with Crippen molar-refractivity contribution in [2.75, 3.05) is 12.4 Å². The summed E-state index contributed by atoms with van der Waals surface area (Å²) in [7, 11) is 3.74. The SMILES string of the molecule is COc1ccc(CNc2ncc(-c3ccccc3)n2C)c2ccccc12.O=C(O)C(=O)O. The van der Waals surface area contributed by atoms with Gasteiger partial charge < -0.3 is 24.8 Å². The minimum Gasteiger partial charge on any atom is -0.496 e. The van der Waals surface area contributed by atoms with Crippen molar-refractivity contribution in [1.29, 1.82) is 0 Å². The number of fused-ring (bicyclic) bond motifs is 1. The van der Waals surface area contributed by atoms with Crippen molar-refractivity contribution in [2.24, 2.45) is 7.05 Å². The summed E-state index contributed by atoms with van der Waals surface area (Å²) in [5, 5.41) is 20.6. The first kappa shape index (κ1) is 22.4.